The number of imidazole rings is 1. The molecule has 0 unspecified atom stereocenters. The molecule has 32 heavy (non-hydrogen) atoms. The predicted octanol–water partition coefficient (Wildman–Crippen LogP) is 2.21. The second kappa shape index (κ2) is 12.5. The third-order valence-corrected chi connectivity index (χ3v) is 4.60. The van der Waals surface area contributed by atoms with Gasteiger partial charge in [-0.3, -0.25) is 19.9 Å². The van der Waals surface area contributed by atoms with E-state index in [2.05, 4.69) is 26.3 Å². The quantitative estimate of drug-likeness (QED) is 0.199. The van der Waals surface area contributed by atoms with Crippen molar-refractivity contribution in [2.45, 2.75) is 0 Å². The topological polar surface area (TPSA) is 191 Å². The molecule has 12 heteroatoms. The minimum atomic E-state index is -0.440. The maximum absolute atomic E-state index is 12.0. The second-order valence-electron chi connectivity index (χ2n) is 5.99. The van der Waals surface area contributed by atoms with Crippen molar-refractivity contribution in [2.75, 3.05) is 17.7 Å². The Labute approximate surface area is 193 Å². The standard InChI is InChI=1S/C19H19N7O2S2.CH5N/c20-14(10-30-22)19(28)24-13-5-6-15-16(9-13)26-18(25-15)11-1-3-12(4-2-11)23-17(27)7-8-29-21;1-2/h1-10H,20-22H2,(H,23,27)(H,24,28)(H,25,26);2H2,1H3/b8-7+,14-10-;. The van der Waals surface area contributed by atoms with Gasteiger partial charge in [0.2, 0.25) is 5.91 Å². The number of hydrogen-bond acceptors (Lipinski definition) is 9. The molecule has 10 nitrogen and oxygen atoms in total. The summed E-state index contributed by atoms with van der Waals surface area (Å²) < 4.78 is 0. The molecule has 3 rings (SSSR count). The molecule has 0 atom stereocenters. The molecule has 11 N–H and O–H groups in total. The average molecular weight is 473 g/mol. The van der Waals surface area contributed by atoms with Gasteiger partial charge in [0, 0.05) is 28.4 Å². The fourth-order valence-electron chi connectivity index (χ4n) is 2.55. The number of nitrogens with two attached hydrogens (primary N) is 4. The first-order valence-electron chi connectivity index (χ1n) is 9.13. The van der Waals surface area contributed by atoms with Gasteiger partial charge in [0.05, 0.1) is 11.0 Å². The van der Waals surface area contributed by atoms with Crippen LogP contribution in [0.3, 0.4) is 0 Å². The summed E-state index contributed by atoms with van der Waals surface area (Å²) in [6.07, 6.45) is 1.35. The van der Waals surface area contributed by atoms with Gasteiger partial charge in [-0.1, -0.05) is 23.9 Å². The molecule has 0 aliphatic carbocycles. The summed E-state index contributed by atoms with van der Waals surface area (Å²) in [5.74, 6) is -0.0474. The Balaban J connectivity index is 0.00000176. The normalized spacial score (nSPS) is 11.2. The van der Waals surface area contributed by atoms with Crippen LogP contribution >= 0.6 is 23.9 Å². The van der Waals surface area contributed by atoms with Crippen LogP contribution in [0, 0.1) is 0 Å². The van der Waals surface area contributed by atoms with E-state index in [1.54, 1.807) is 30.3 Å². The van der Waals surface area contributed by atoms with Crippen LogP contribution < -0.4 is 32.4 Å². The number of amides is 2. The van der Waals surface area contributed by atoms with Crippen LogP contribution in [0.5, 0.6) is 0 Å². The van der Waals surface area contributed by atoms with Crippen molar-refractivity contribution in [3.8, 4) is 11.4 Å². The Morgan fingerprint density at radius 1 is 1.00 bits per heavy atom. The minimum Gasteiger partial charge on any atom is -0.394 e. The lowest BCUT2D eigenvalue weighted by atomic mass is 10.2. The first-order valence-corrected chi connectivity index (χ1v) is 11.0. The molecule has 2 amide bonds. The molecule has 2 aromatic carbocycles. The lowest BCUT2D eigenvalue weighted by molar-refractivity contribution is -0.113. The molecular weight excluding hydrogens is 448 g/mol. The number of aromatic nitrogens is 2. The summed E-state index contributed by atoms with van der Waals surface area (Å²) in [7, 11) is 1.50. The largest absolute Gasteiger partial charge is 0.394 e. The maximum Gasteiger partial charge on any atom is 0.272 e. The van der Waals surface area contributed by atoms with Crippen LogP contribution in [0.15, 0.2) is 65.1 Å². The van der Waals surface area contributed by atoms with Gasteiger partial charge in [-0.2, -0.15) is 0 Å². The third-order valence-electron chi connectivity index (χ3n) is 3.92. The molecular formula is C20H24N8O2S2. The van der Waals surface area contributed by atoms with Gasteiger partial charge in [-0.25, -0.2) is 4.98 Å². The molecule has 0 saturated heterocycles. The van der Waals surface area contributed by atoms with Crippen molar-refractivity contribution in [1.29, 1.82) is 0 Å². The fraction of sp³-hybridized carbons (Fsp3) is 0.0500. The molecule has 168 valence electrons. The summed E-state index contributed by atoms with van der Waals surface area (Å²) in [5, 5.41) is 18.8. The highest BCUT2D eigenvalue weighted by atomic mass is 32.2. The highest BCUT2D eigenvalue weighted by Crippen LogP contribution is 2.24. The van der Waals surface area contributed by atoms with E-state index < -0.39 is 5.91 Å². The number of fused-ring (bicyclic) bond motifs is 1. The van der Waals surface area contributed by atoms with Crippen LogP contribution in [-0.2, 0) is 9.59 Å². The number of carbonyl (C=O) groups excluding carboxylic acids is 2. The summed E-state index contributed by atoms with van der Waals surface area (Å²) in [5.41, 5.74) is 13.7. The Morgan fingerprint density at radius 3 is 2.34 bits per heavy atom. The van der Waals surface area contributed by atoms with E-state index >= 15 is 0 Å². The van der Waals surface area contributed by atoms with Gasteiger partial charge in [0.1, 0.15) is 11.5 Å². The minimum absolute atomic E-state index is 0.0253. The van der Waals surface area contributed by atoms with Gasteiger partial charge in [-0.05, 0) is 54.9 Å². The second-order valence-corrected chi connectivity index (χ2v) is 7.04. The Bertz CT molecular complexity index is 1130. The van der Waals surface area contributed by atoms with E-state index in [0.29, 0.717) is 17.2 Å². The first kappa shape index (κ1) is 25.0. The lowest BCUT2D eigenvalue weighted by Gasteiger charge is -2.04. The Kier molecular flexibility index (Phi) is 9.78. The van der Waals surface area contributed by atoms with Crippen LogP contribution in [-0.4, -0.2) is 28.8 Å². The first-order chi connectivity index (χ1) is 15.5. The smallest absolute Gasteiger partial charge is 0.272 e. The predicted molar refractivity (Wildman–Crippen MR) is 134 cm³/mol. The zero-order chi connectivity index (χ0) is 23.5. The number of rotatable bonds is 7. The number of benzene rings is 2. The van der Waals surface area contributed by atoms with E-state index in [1.807, 2.05) is 12.1 Å². The van der Waals surface area contributed by atoms with Crippen LogP contribution in [0.1, 0.15) is 0 Å². The Morgan fingerprint density at radius 2 is 1.69 bits per heavy atom. The molecule has 1 heterocycles. The molecule has 0 radical (unpaired) electrons. The third kappa shape index (κ3) is 6.87. The van der Waals surface area contributed by atoms with E-state index in [4.69, 9.17) is 16.0 Å². The zero-order valence-corrected chi connectivity index (χ0v) is 18.8. The molecule has 0 aliphatic rings. The molecule has 0 aliphatic heterocycles. The van der Waals surface area contributed by atoms with Crippen molar-refractivity contribution in [3.63, 3.8) is 0 Å². The van der Waals surface area contributed by atoms with Crippen molar-refractivity contribution in [3.05, 3.63) is 65.1 Å². The van der Waals surface area contributed by atoms with Crippen LogP contribution in [0.25, 0.3) is 22.4 Å². The number of aromatic amines is 1. The van der Waals surface area contributed by atoms with Gasteiger partial charge in [0.25, 0.3) is 5.91 Å². The number of nitrogens with one attached hydrogen (secondary N) is 3. The van der Waals surface area contributed by atoms with Gasteiger partial charge in [-0.15, -0.1) is 0 Å². The lowest BCUT2D eigenvalue weighted by Crippen LogP contribution is -2.19. The summed E-state index contributed by atoms with van der Waals surface area (Å²) in [4.78, 5) is 31.5. The number of H-pyrrole nitrogens is 1. The zero-order valence-electron chi connectivity index (χ0n) is 17.2. The van der Waals surface area contributed by atoms with Gasteiger partial charge < -0.3 is 27.1 Å². The summed E-state index contributed by atoms with van der Waals surface area (Å²) >= 11 is 1.82. The highest BCUT2D eigenvalue weighted by molar-refractivity contribution is 8.00. The number of anilines is 2. The molecule has 0 bridgehead atoms. The van der Waals surface area contributed by atoms with E-state index in [9.17, 15) is 9.59 Å². The number of hydrogen-bond donors (Lipinski definition) is 7. The average Bonchev–Trinajstić information content (AvgIpc) is 3.23. The van der Waals surface area contributed by atoms with Gasteiger partial charge in [0.15, 0.2) is 0 Å². The van der Waals surface area contributed by atoms with Crippen molar-refractivity contribution in [1.82, 2.24) is 9.97 Å². The molecule has 0 fully saturated rings. The maximum atomic E-state index is 12.0. The summed E-state index contributed by atoms with van der Waals surface area (Å²) in [6, 6.07) is 12.5. The number of nitrogens with zero attached hydrogens (tertiary/aromatic N) is 1. The number of carbonyl (C=O) groups is 2. The van der Waals surface area contributed by atoms with E-state index in [0.717, 1.165) is 40.5 Å². The van der Waals surface area contributed by atoms with E-state index in [1.165, 1.54) is 23.9 Å². The van der Waals surface area contributed by atoms with Crippen molar-refractivity contribution < 1.29 is 9.59 Å². The highest BCUT2D eigenvalue weighted by Gasteiger charge is 2.09. The molecule has 1 aromatic heterocycles. The monoisotopic (exact) mass is 472 g/mol. The van der Waals surface area contributed by atoms with Crippen molar-refractivity contribution in [2.24, 2.45) is 21.7 Å². The fourth-order valence-corrected chi connectivity index (χ4v) is 3.01. The van der Waals surface area contributed by atoms with Crippen LogP contribution in [0.4, 0.5) is 11.4 Å². The summed E-state index contributed by atoms with van der Waals surface area (Å²) in [6.45, 7) is 0. The Hall–Kier alpha value is -3.29. The van der Waals surface area contributed by atoms with Crippen LogP contribution in [0.2, 0.25) is 0 Å². The van der Waals surface area contributed by atoms with E-state index in [-0.39, 0.29) is 11.6 Å². The van der Waals surface area contributed by atoms with Crippen molar-refractivity contribution >= 4 is 58.1 Å². The molecule has 0 saturated carbocycles. The van der Waals surface area contributed by atoms with Gasteiger partial charge >= 0.3 is 0 Å². The molecule has 0 spiro atoms. The molecule has 3 aromatic rings. The SMILES string of the molecule is CN.NS/C=C(\N)C(=O)Nc1ccc2nc(-c3ccc(NC(=O)/C=C/SN)cc3)[nH]c2c1.